The zero-order valence-electron chi connectivity index (χ0n) is 9.67. The highest BCUT2D eigenvalue weighted by atomic mass is 35.5. The van der Waals surface area contributed by atoms with E-state index in [1.165, 1.54) is 0 Å². The molecule has 0 aliphatic heterocycles. The lowest BCUT2D eigenvalue weighted by atomic mass is 9.99. The lowest BCUT2D eigenvalue weighted by Crippen LogP contribution is -2.24. The molecule has 1 unspecified atom stereocenters. The molecule has 0 spiro atoms. The number of carbonyl (C=O) groups is 1. The van der Waals surface area contributed by atoms with Crippen LogP contribution in [-0.2, 0) is 4.79 Å². The molecule has 0 saturated heterocycles. The Morgan fingerprint density at radius 3 is 2.56 bits per heavy atom. The first-order valence-corrected chi connectivity index (χ1v) is 5.67. The lowest BCUT2D eigenvalue weighted by molar-refractivity contribution is -0.118. The third kappa shape index (κ3) is 2.62. The summed E-state index contributed by atoms with van der Waals surface area (Å²) in [4.78, 5) is 15.9. The van der Waals surface area contributed by atoms with Gasteiger partial charge in [0.25, 0.3) is 0 Å². The van der Waals surface area contributed by atoms with Gasteiger partial charge in [0.2, 0.25) is 5.91 Å². The largest absolute Gasteiger partial charge is 0.369 e. The van der Waals surface area contributed by atoms with E-state index >= 15 is 0 Å². The summed E-state index contributed by atoms with van der Waals surface area (Å²) in [6.45, 7) is 1.84. The van der Waals surface area contributed by atoms with Crippen LogP contribution in [0, 0.1) is 6.92 Å². The molecule has 2 heterocycles. The molecule has 0 aliphatic carbocycles. The molecule has 1 atom stereocenters. The number of amides is 1. The molecular formula is C12H11ClN4O. The van der Waals surface area contributed by atoms with Crippen LogP contribution < -0.4 is 5.73 Å². The van der Waals surface area contributed by atoms with Crippen molar-refractivity contribution in [3.8, 4) is 0 Å². The summed E-state index contributed by atoms with van der Waals surface area (Å²) in [5.41, 5.74) is 7.21. The van der Waals surface area contributed by atoms with Crippen molar-refractivity contribution in [1.29, 1.82) is 0 Å². The van der Waals surface area contributed by atoms with Gasteiger partial charge in [-0.2, -0.15) is 5.10 Å². The predicted molar refractivity (Wildman–Crippen MR) is 67.1 cm³/mol. The zero-order chi connectivity index (χ0) is 13.1. The summed E-state index contributed by atoms with van der Waals surface area (Å²) in [5.74, 6) is -1.24. The number of primary amides is 1. The van der Waals surface area contributed by atoms with Gasteiger partial charge in [0.1, 0.15) is 5.92 Å². The molecule has 92 valence electrons. The van der Waals surface area contributed by atoms with Gasteiger partial charge in [-0.1, -0.05) is 17.7 Å². The van der Waals surface area contributed by atoms with Crippen LogP contribution in [0.15, 0.2) is 30.3 Å². The number of halogens is 1. The molecule has 2 rings (SSSR count). The van der Waals surface area contributed by atoms with Crippen LogP contribution in [0.4, 0.5) is 0 Å². The Hall–Kier alpha value is -2.01. The number of nitrogens with two attached hydrogens (primary N) is 1. The number of carbonyl (C=O) groups excluding carboxylic acids is 1. The van der Waals surface area contributed by atoms with E-state index in [0.717, 1.165) is 5.69 Å². The van der Waals surface area contributed by atoms with Gasteiger partial charge in [0, 0.05) is 5.69 Å². The van der Waals surface area contributed by atoms with Gasteiger partial charge in [0.05, 0.1) is 11.4 Å². The van der Waals surface area contributed by atoms with E-state index in [9.17, 15) is 4.79 Å². The first-order chi connectivity index (χ1) is 8.58. The lowest BCUT2D eigenvalue weighted by Gasteiger charge is -2.12. The molecule has 1 amide bonds. The first kappa shape index (κ1) is 12.4. The minimum absolute atomic E-state index is 0.263. The standard InChI is InChI=1S/C12H11ClN4O/c1-7-3-2-4-8(15-7)11(12(14)18)9-5-6-10(13)17-16-9/h2-6,11H,1H3,(H2,14,18). The highest BCUT2D eigenvalue weighted by molar-refractivity contribution is 6.29. The van der Waals surface area contributed by atoms with Gasteiger partial charge in [0.15, 0.2) is 5.15 Å². The Kier molecular flexibility index (Phi) is 3.53. The molecule has 6 heteroatoms. The fourth-order valence-electron chi connectivity index (χ4n) is 1.65. The second-order valence-corrected chi connectivity index (χ2v) is 4.21. The molecule has 0 saturated carbocycles. The van der Waals surface area contributed by atoms with Crippen LogP contribution >= 0.6 is 11.6 Å². The van der Waals surface area contributed by atoms with E-state index in [1.807, 2.05) is 19.1 Å². The summed E-state index contributed by atoms with van der Waals surface area (Å²) < 4.78 is 0. The Bertz CT molecular complexity index is 571. The van der Waals surface area contributed by atoms with E-state index < -0.39 is 11.8 Å². The summed E-state index contributed by atoms with van der Waals surface area (Å²) in [6.07, 6.45) is 0. The summed E-state index contributed by atoms with van der Waals surface area (Å²) >= 11 is 5.66. The maximum atomic E-state index is 11.6. The quantitative estimate of drug-likeness (QED) is 0.908. The topological polar surface area (TPSA) is 81.8 Å². The van der Waals surface area contributed by atoms with Crippen LogP contribution in [-0.4, -0.2) is 21.1 Å². The van der Waals surface area contributed by atoms with Crippen LogP contribution in [0.2, 0.25) is 5.15 Å². The van der Waals surface area contributed by atoms with Gasteiger partial charge < -0.3 is 5.73 Å². The molecule has 5 nitrogen and oxygen atoms in total. The van der Waals surface area contributed by atoms with E-state index in [-0.39, 0.29) is 5.15 Å². The molecule has 0 radical (unpaired) electrons. The van der Waals surface area contributed by atoms with Gasteiger partial charge in [-0.3, -0.25) is 9.78 Å². The maximum absolute atomic E-state index is 11.6. The maximum Gasteiger partial charge on any atom is 0.232 e. The van der Waals surface area contributed by atoms with Crippen molar-refractivity contribution in [1.82, 2.24) is 15.2 Å². The molecule has 18 heavy (non-hydrogen) atoms. The molecule has 0 fully saturated rings. The monoisotopic (exact) mass is 262 g/mol. The SMILES string of the molecule is Cc1cccc(C(C(N)=O)c2ccc(Cl)nn2)n1. The molecule has 0 aromatic carbocycles. The molecule has 2 N–H and O–H groups in total. The molecule has 0 aliphatic rings. The van der Waals surface area contributed by atoms with Crippen molar-refractivity contribution in [2.24, 2.45) is 5.73 Å². The highest BCUT2D eigenvalue weighted by Gasteiger charge is 2.23. The van der Waals surface area contributed by atoms with Gasteiger partial charge in [-0.25, -0.2) is 0 Å². The smallest absolute Gasteiger partial charge is 0.232 e. The van der Waals surface area contributed by atoms with Crippen LogP contribution in [0.25, 0.3) is 0 Å². The summed E-state index contributed by atoms with van der Waals surface area (Å²) in [5, 5.41) is 7.86. The van der Waals surface area contributed by atoms with E-state index in [0.29, 0.717) is 11.4 Å². The van der Waals surface area contributed by atoms with E-state index in [4.69, 9.17) is 17.3 Å². The highest BCUT2D eigenvalue weighted by Crippen LogP contribution is 2.21. The average Bonchev–Trinajstić information content (AvgIpc) is 2.32. The second-order valence-electron chi connectivity index (χ2n) is 3.82. The van der Waals surface area contributed by atoms with E-state index in [2.05, 4.69) is 15.2 Å². The van der Waals surface area contributed by atoms with Crippen LogP contribution in [0.5, 0.6) is 0 Å². The Labute approximate surface area is 109 Å². The van der Waals surface area contributed by atoms with E-state index in [1.54, 1.807) is 18.2 Å². The number of nitrogens with zero attached hydrogens (tertiary/aromatic N) is 3. The molecule has 2 aromatic heterocycles. The third-order valence-corrected chi connectivity index (χ3v) is 2.64. The molecule has 2 aromatic rings. The fraction of sp³-hybridized carbons (Fsp3) is 0.167. The summed E-state index contributed by atoms with van der Waals surface area (Å²) in [6, 6.07) is 8.58. The molecule has 0 bridgehead atoms. The Morgan fingerprint density at radius 1 is 1.22 bits per heavy atom. The minimum atomic E-state index is -0.713. The van der Waals surface area contributed by atoms with Gasteiger partial charge >= 0.3 is 0 Å². The first-order valence-electron chi connectivity index (χ1n) is 5.30. The number of hydrogen-bond acceptors (Lipinski definition) is 4. The van der Waals surface area contributed by atoms with Crippen LogP contribution in [0.3, 0.4) is 0 Å². The fourth-order valence-corrected chi connectivity index (χ4v) is 1.75. The zero-order valence-corrected chi connectivity index (χ0v) is 10.4. The third-order valence-electron chi connectivity index (χ3n) is 2.44. The number of pyridine rings is 1. The number of aromatic nitrogens is 3. The van der Waals surface area contributed by atoms with Crippen molar-refractivity contribution in [2.75, 3.05) is 0 Å². The normalized spacial score (nSPS) is 12.1. The van der Waals surface area contributed by atoms with Crippen molar-refractivity contribution >= 4 is 17.5 Å². The van der Waals surface area contributed by atoms with Crippen molar-refractivity contribution in [2.45, 2.75) is 12.8 Å². The van der Waals surface area contributed by atoms with Gasteiger partial charge in [-0.15, -0.1) is 5.10 Å². The van der Waals surface area contributed by atoms with Crippen molar-refractivity contribution in [3.05, 3.63) is 52.6 Å². The summed E-state index contributed by atoms with van der Waals surface area (Å²) in [7, 11) is 0. The Morgan fingerprint density at radius 2 is 2.00 bits per heavy atom. The van der Waals surface area contributed by atoms with Crippen molar-refractivity contribution < 1.29 is 4.79 Å². The Balaban J connectivity index is 2.46. The van der Waals surface area contributed by atoms with Gasteiger partial charge in [-0.05, 0) is 31.2 Å². The predicted octanol–water partition coefficient (Wildman–Crippen LogP) is 1.45. The second kappa shape index (κ2) is 5.10. The molecular weight excluding hydrogens is 252 g/mol. The minimum Gasteiger partial charge on any atom is -0.369 e. The van der Waals surface area contributed by atoms with Crippen molar-refractivity contribution in [3.63, 3.8) is 0 Å². The number of aryl methyl sites for hydroxylation is 1. The van der Waals surface area contributed by atoms with Crippen LogP contribution in [0.1, 0.15) is 23.0 Å². The number of rotatable bonds is 3. The average molecular weight is 263 g/mol. The number of hydrogen-bond donors (Lipinski definition) is 1.